The Bertz CT molecular complexity index is 1550. The predicted octanol–water partition coefficient (Wildman–Crippen LogP) is 3.81. The van der Waals surface area contributed by atoms with Crippen LogP contribution in [0.2, 0.25) is 0 Å². The van der Waals surface area contributed by atoms with Crippen LogP contribution in [0.4, 0.5) is 5.69 Å². The first-order valence-corrected chi connectivity index (χ1v) is 12.6. The second-order valence-electron chi connectivity index (χ2n) is 7.39. The molecule has 4 aromatic rings. The quantitative estimate of drug-likeness (QED) is 0.403. The number of benzene rings is 3. The van der Waals surface area contributed by atoms with Crippen LogP contribution >= 0.6 is 11.3 Å². The van der Waals surface area contributed by atoms with E-state index in [0.29, 0.717) is 33.3 Å². The number of hydrogen-bond donors (Lipinski definition) is 1. The number of aromatic nitrogens is 1. The maximum Gasteiger partial charge on any atom is 0.279 e. The summed E-state index contributed by atoms with van der Waals surface area (Å²) >= 11 is 1.35. The molecule has 0 fully saturated rings. The molecular formula is C24H23N3O6S2. The number of nitrogens with zero attached hydrogens (tertiary/aromatic N) is 2. The van der Waals surface area contributed by atoms with Crippen molar-refractivity contribution in [2.45, 2.75) is 4.90 Å². The highest BCUT2D eigenvalue weighted by molar-refractivity contribution is 7.92. The zero-order valence-electron chi connectivity index (χ0n) is 19.4. The van der Waals surface area contributed by atoms with Gasteiger partial charge in [-0.2, -0.15) is 4.99 Å². The summed E-state index contributed by atoms with van der Waals surface area (Å²) in [6.07, 6.45) is 0. The van der Waals surface area contributed by atoms with E-state index in [4.69, 9.17) is 14.2 Å². The Balaban J connectivity index is 1.57. The number of hydrogen-bond acceptors (Lipinski definition) is 7. The standard InChI is InChI=1S/C24H23N3O6S2/c1-27-19-13-20(32-3)21(33-4)14-22(19)34-24(27)25-23(28)15-5-7-16(8-6-15)26-35(29,30)18-11-9-17(31-2)10-12-18/h5-14,26H,1-4H3. The molecule has 182 valence electrons. The lowest BCUT2D eigenvalue weighted by atomic mass is 10.2. The van der Waals surface area contributed by atoms with E-state index in [2.05, 4.69) is 9.71 Å². The molecule has 9 nitrogen and oxygen atoms in total. The topological polar surface area (TPSA) is 108 Å². The van der Waals surface area contributed by atoms with Crippen LogP contribution in [0.5, 0.6) is 17.2 Å². The third kappa shape index (κ3) is 5.00. The van der Waals surface area contributed by atoms with Gasteiger partial charge < -0.3 is 18.8 Å². The van der Waals surface area contributed by atoms with E-state index in [1.54, 1.807) is 30.9 Å². The summed E-state index contributed by atoms with van der Waals surface area (Å²) in [5, 5.41) is 0. The number of aryl methyl sites for hydroxylation is 1. The summed E-state index contributed by atoms with van der Waals surface area (Å²) in [6, 6.07) is 15.8. The molecule has 1 heterocycles. The number of ether oxygens (including phenoxy) is 3. The van der Waals surface area contributed by atoms with Crippen LogP contribution in [-0.4, -0.2) is 40.2 Å². The maximum atomic E-state index is 12.8. The van der Waals surface area contributed by atoms with E-state index in [-0.39, 0.29) is 4.90 Å². The molecule has 4 rings (SSSR count). The minimum atomic E-state index is -3.79. The van der Waals surface area contributed by atoms with Crippen molar-refractivity contribution in [3.63, 3.8) is 0 Å². The van der Waals surface area contributed by atoms with Gasteiger partial charge in [0, 0.05) is 30.4 Å². The highest BCUT2D eigenvalue weighted by Crippen LogP contribution is 2.33. The number of carbonyl (C=O) groups is 1. The molecule has 0 atom stereocenters. The lowest BCUT2D eigenvalue weighted by Gasteiger charge is -2.09. The van der Waals surface area contributed by atoms with E-state index >= 15 is 0 Å². The van der Waals surface area contributed by atoms with E-state index in [0.717, 1.165) is 10.2 Å². The number of fused-ring (bicyclic) bond motifs is 1. The average molecular weight is 514 g/mol. The molecule has 0 aliphatic rings. The van der Waals surface area contributed by atoms with Gasteiger partial charge in [-0.1, -0.05) is 11.3 Å². The Hall–Kier alpha value is -3.83. The molecule has 1 aromatic heterocycles. The van der Waals surface area contributed by atoms with Crippen LogP contribution in [0.3, 0.4) is 0 Å². The number of thiazole rings is 1. The smallest absolute Gasteiger partial charge is 0.279 e. The average Bonchev–Trinajstić information content (AvgIpc) is 3.17. The molecule has 0 saturated carbocycles. The van der Waals surface area contributed by atoms with Gasteiger partial charge in [-0.15, -0.1) is 0 Å². The van der Waals surface area contributed by atoms with Gasteiger partial charge in [0.2, 0.25) is 0 Å². The molecule has 1 amide bonds. The summed E-state index contributed by atoms with van der Waals surface area (Å²) < 4.78 is 46.2. The number of methoxy groups -OCH3 is 3. The molecule has 11 heteroatoms. The first kappa shape index (κ1) is 24.3. The van der Waals surface area contributed by atoms with E-state index in [9.17, 15) is 13.2 Å². The Morgan fingerprint density at radius 1 is 0.914 bits per heavy atom. The molecule has 0 bridgehead atoms. The lowest BCUT2D eigenvalue weighted by Crippen LogP contribution is -2.14. The molecule has 0 aliphatic heterocycles. The van der Waals surface area contributed by atoms with Gasteiger partial charge in [0.25, 0.3) is 15.9 Å². The second kappa shape index (κ2) is 9.80. The first-order valence-electron chi connectivity index (χ1n) is 10.3. The van der Waals surface area contributed by atoms with Gasteiger partial charge in [0.15, 0.2) is 16.3 Å². The summed E-state index contributed by atoms with van der Waals surface area (Å²) in [4.78, 5) is 17.7. The van der Waals surface area contributed by atoms with E-state index in [1.807, 2.05) is 19.2 Å². The molecule has 0 saturated heterocycles. The van der Waals surface area contributed by atoms with Gasteiger partial charge in [-0.25, -0.2) is 8.42 Å². The third-order valence-electron chi connectivity index (χ3n) is 5.27. The molecule has 35 heavy (non-hydrogen) atoms. The maximum absolute atomic E-state index is 12.8. The van der Waals surface area contributed by atoms with Crippen molar-refractivity contribution in [1.82, 2.24) is 4.57 Å². The first-order chi connectivity index (χ1) is 16.7. The Kier molecular flexibility index (Phi) is 6.81. The summed E-state index contributed by atoms with van der Waals surface area (Å²) in [7, 11) is 2.65. The van der Waals surface area contributed by atoms with Crippen molar-refractivity contribution in [1.29, 1.82) is 0 Å². The van der Waals surface area contributed by atoms with Crippen molar-refractivity contribution < 1.29 is 27.4 Å². The number of nitrogens with one attached hydrogen (secondary N) is 1. The zero-order valence-corrected chi connectivity index (χ0v) is 21.1. The van der Waals surface area contributed by atoms with Crippen LogP contribution in [0.25, 0.3) is 10.2 Å². The molecule has 0 aliphatic carbocycles. The number of carbonyl (C=O) groups excluding carboxylic acids is 1. The Labute approximate surface area is 206 Å². The highest BCUT2D eigenvalue weighted by atomic mass is 32.2. The second-order valence-corrected chi connectivity index (χ2v) is 10.1. The van der Waals surface area contributed by atoms with Gasteiger partial charge >= 0.3 is 0 Å². The largest absolute Gasteiger partial charge is 0.497 e. The summed E-state index contributed by atoms with van der Waals surface area (Å²) in [6.45, 7) is 0. The minimum absolute atomic E-state index is 0.0963. The van der Waals surface area contributed by atoms with Crippen molar-refractivity contribution >= 4 is 43.2 Å². The summed E-state index contributed by atoms with van der Waals surface area (Å²) in [5.74, 6) is 1.28. The molecule has 0 spiro atoms. The van der Waals surface area contributed by atoms with Crippen LogP contribution in [0, 0.1) is 0 Å². The van der Waals surface area contributed by atoms with E-state index < -0.39 is 15.9 Å². The lowest BCUT2D eigenvalue weighted by molar-refractivity contribution is 0.0998. The van der Waals surface area contributed by atoms with Crippen molar-refractivity contribution in [3.8, 4) is 17.2 Å². The van der Waals surface area contributed by atoms with Gasteiger partial charge in [0.05, 0.1) is 36.4 Å². The summed E-state index contributed by atoms with van der Waals surface area (Å²) in [5.41, 5.74) is 1.50. The van der Waals surface area contributed by atoms with Crippen molar-refractivity contribution in [2.24, 2.45) is 12.0 Å². The normalized spacial score (nSPS) is 11.9. The van der Waals surface area contributed by atoms with Gasteiger partial charge in [-0.05, 0) is 48.5 Å². The van der Waals surface area contributed by atoms with Crippen molar-refractivity contribution in [2.75, 3.05) is 26.1 Å². The van der Waals surface area contributed by atoms with Gasteiger partial charge in [0.1, 0.15) is 5.75 Å². The molecular weight excluding hydrogens is 490 g/mol. The molecule has 3 aromatic carbocycles. The minimum Gasteiger partial charge on any atom is -0.497 e. The Morgan fingerprint density at radius 3 is 2.14 bits per heavy atom. The van der Waals surface area contributed by atoms with Crippen LogP contribution in [-0.2, 0) is 17.1 Å². The SMILES string of the molecule is COc1ccc(S(=O)(=O)Nc2ccc(C(=O)N=c3sc4cc(OC)c(OC)cc4n3C)cc2)cc1. The van der Waals surface area contributed by atoms with Crippen LogP contribution in [0.1, 0.15) is 10.4 Å². The van der Waals surface area contributed by atoms with Crippen LogP contribution in [0.15, 0.2) is 70.6 Å². The third-order valence-corrected chi connectivity index (χ3v) is 7.76. The molecule has 0 unspecified atom stereocenters. The monoisotopic (exact) mass is 513 g/mol. The van der Waals surface area contributed by atoms with Crippen LogP contribution < -0.4 is 23.7 Å². The predicted molar refractivity (Wildman–Crippen MR) is 134 cm³/mol. The number of anilines is 1. The highest BCUT2D eigenvalue weighted by Gasteiger charge is 2.15. The Morgan fingerprint density at radius 2 is 1.54 bits per heavy atom. The fourth-order valence-electron chi connectivity index (χ4n) is 3.36. The fourth-order valence-corrected chi connectivity index (χ4v) is 5.45. The fraction of sp³-hybridized carbons (Fsp3) is 0.167. The molecule has 0 radical (unpaired) electrons. The number of sulfonamides is 1. The number of rotatable bonds is 7. The number of amides is 1. The zero-order chi connectivity index (χ0) is 25.2. The van der Waals surface area contributed by atoms with Crippen molar-refractivity contribution in [3.05, 3.63) is 71.0 Å². The van der Waals surface area contributed by atoms with E-state index in [1.165, 1.54) is 54.8 Å². The van der Waals surface area contributed by atoms with Gasteiger partial charge in [-0.3, -0.25) is 9.52 Å². The molecule has 1 N–H and O–H groups in total.